The fourth-order valence-electron chi connectivity index (χ4n) is 2.73. The lowest BCUT2D eigenvalue weighted by Gasteiger charge is -2.33. The molecule has 3 rings (SSSR count). The van der Waals surface area contributed by atoms with Crippen LogP contribution < -0.4 is 10.1 Å². The SMILES string of the molecule is C[C@@H]1CNCCN1Cc1ccc(OCc2nccn2C)cc1.Cl.Cl. The van der Waals surface area contributed by atoms with Gasteiger partial charge in [0.25, 0.3) is 0 Å². The van der Waals surface area contributed by atoms with Crippen molar-refractivity contribution in [2.45, 2.75) is 26.1 Å². The molecule has 5 nitrogen and oxygen atoms in total. The van der Waals surface area contributed by atoms with Gasteiger partial charge in [-0.2, -0.15) is 0 Å². The summed E-state index contributed by atoms with van der Waals surface area (Å²) in [4.78, 5) is 6.77. The second-order valence-corrected chi connectivity index (χ2v) is 5.91. The molecule has 1 aliphatic heterocycles. The molecule has 0 saturated carbocycles. The molecule has 1 saturated heterocycles. The van der Waals surface area contributed by atoms with Gasteiger partial charge in [0.2, 0.25) is 0 Å². The van der Waals surface area contributed by atoms with Gasteiger partial charge < -0.3 is 14.6 Å². The highest BCUT2D eigenvalue weighted by molar-refractivity contribution is 5.85. The molecule has 1 fully saturated rings. The number of aryl methyl sites for hydroxylation is 1. The van der Waals surface area contributed by atoms with Crippen molar-refractivity contribution >= 4 is 24.8 Å². The molecule has 0 radical (unpaired) electrons. The molecule has 7 heteroatoms. The normalized spacial score (nSPS) is 17.7. The van der Waals surface area contributed by atoms with E-state index in [2.05, 4.69) is 34.3 Å². The summed E-state index contributed by atoms with van der Waals surface area (Å²) < 4.78 is 7.76. The number of hydrogen-bond donors (Lipinski definition) is 1. The van der Waals surface area contributed by atoms with Crippen molar-refractivity contribution < 1.29 is 4.74 Å². The quantitative estimate of drug-likeness (QED) is 0.875. The molecule has 1 aromatic carbocycles. The molecule has 1 aromatic heterocycles. The summed E-state index contributed by atoms with van der Waals surface area (Å²) in [6, 6.07) is 8.99. The number of benzene rings is 1. The first-order valence-corrected chi connectivity index (χ1v) is 7.85. The lowest BCUT2D eigenvalue weighted by atomic mass is 10.1. The molecule has 2 aromatic rings. The number of nitrogens with zero attached hydrogens (tertiary/aromatic N) is 3. The largest absolute Gasteiger partial charge is 0.486 e. The minimum Gasteiger partial charge on any atom is -0.486 e. The predicted octanol–water partition coefficient (Wildman–Crippen LogP) is 2.64. The summed E-state index contributed by atoms with van der Waals surface area (Å²) in [5.74, 6) is 1.82. The van der Waals surface area contributed by atoms with Gasteiger partial charge in [-0.05, 0) is 24.6 Å². The van der Waals surface area contributed by atoms with E-state index in [-0.39, 0.29) is 24.8 Å². The highest BCUT2D eigenvalue weighted by atomic mass is 35.5. The number of piperazine rings is 1. The standard InChI is InChI=1S/C17H24N4O.2ClH/c1-14-11-18-7-10-21(14)12-15-3-5-16(6-4-15)22-13-17-19-8-9-20(17)2;;/h3-6,8-9,14,18H,7,10-13H2,1-2H3;2*1H/t14-;;/m1../s1. The van der Waals surface area contributed by atoms with Crippen LogP contribution in [0.2, 0.25) is 0 Å². The van der Waals surface area contributed by atoms with Gasteiger partial charge >= 0.3 is 0 Å². The minimum atomic E-state index is 0. The van der Waals surface area contributed by atoms with Crippen LogP contribution in [-0.2, 0) is 20.2 Å². The Bertz CT molecular complexity index is 603. The van der Waals surface area contributed by atoms with E-state index in [1.165, 1.54) is 5.56 Å². The Labute approximate surface area is 156 Å². The summed E-state index contributed by atoms with van der Waals surface area (Å²) in [6.45, 7) is 7.04. The number of hydrogen-bond acceptors (Lipinski definition) is 4. The van der Waals surface area contributed by atoms with Crippen LogP contribution in [0.5, 0.6) is 5.75 Å². The van der Waals surface area contributed by atoms with Crippen LogP contribution in [0, 0.1) is 0 Å². The first kappa shape index (κ1) is 20.8. The number of ether oxygens (including phenoxy) is 1. The first-order chi connectivity index (χ1) is 10.7. The minimum absolute atomic E-state index is 0. The Morgan fingerprint density at radius 3 is 2.62 bits per heavy atom. The van der Waals surface area contributed by atoms with Crippen LogP contribution in [0.3, 0.4) is 0 Å². The lowest BCUT2D eigenvalue weighted by molar-refractivity contribution is 0.165. The van der Waals surface area contributed by atoms with E-state index in [1.807, 2.05) is 29.9 Å². The molecule has 2 heterocycles. The van der Waals surface area contributed by atoms with Crippen LogP contribution in [0.25, 0.3) is 0 Å². The Hall–Kier alpha value is -1.27. The van der Waals surface area contributed by atoms with E-state index >= 15 is 0 Å². The van der Waals surface area contributed by atoms with Gasteiger partial charge in [0.05, 0.1) is 0 Å². The summed E-state index contributed by atoms with van der Waals surface area (Å²) in [5.41, 5.74) is 1.33. The van der Waals surface area contributed by atoms with Gasteiger partial charge in [-0.1, -0.05) is 12.1 Å². The van der Waals surface area contributed by atoms with E-state index in [0.717, 1.165) is 37.8 Å². The molecular weight excluding hydrogens is 347 g/mol. The average Bonchev–Trinajstić information content (AvgIpc) is 2.94. The van der Waals surface area contributed by atoms with Crippen LogP contribution >= 0.6 is 24.8 Å². The monoisotopic (exact) mass is 372 g/mol. The predicted molar refractivity (Wildman–Crippen MR) is 101 cm³/mol. The molecule has 1 aliphatic rings. The number of nitrogens with one attached hydrogen (secondary N) is 1. The fourth-order valence-corrected chi connectivity index (χ4v) is 2.73. The van der Waals surface area contributed by atoms with E-state index in [9.17, 15) is 0 Å². The molecule has 0 aliphatic carbocycles. The Morgan fingerprint density at radius 2 is 2.00 bits per heavy atom. The maximum absolute atomic E-state index is 5.79. The smallest absolute Gasteiger partial charge is 0.146 e. The van der Waals surface area contributed by atoms with Crippen molar-refractivity contribution in [2.75, 3.05) is 19.6 Å². The Morgan fingerprint density at radius 1 is 1.25 bits per heavy atom. The van der Waals surface area contributed by atoms with Gasteiger partial charge in [0.15, 0.2) is 0 Å². The number of imidazole rings is 1. The lowest BCUT2D eigenvalue weighted by Crippen LogP contribution is -2.49. The second-order valence-electron chi connectivity index (χ2n) is 5.91. The molecule has 1 N–H and O–H groups in total. The number of rotatable bonds is 5. The van der Waals surface area contributed by atoms with Gasteiger partial charge in [0.1, 0.15) is 18.2 Å². The maximum atomic E-state index is 5.79. The molecule has 0 spiro atoms. The highest BCUT2D eigenvalue weighted by Gasteiger charge is 2.17. The van der Waals surface area contributed by atoms with Gasteiger partial charge in [-0.25, -0.2) is 4.98 Å². The van der Waals surface area contributed by atoms with Crippen LogP contribution in [-0.4, -0.2) is 40.1 Å². The van der Waals surface area contributed by atoms with Crippen molar-refractivity contribution in [3.63, 3.8) is 0 Å². The zero-order valence-electron chi connectivity index (χ0n) is 14.1. The molecule has 0 bridgehead atoms. The molecule has 1 atom stereocenters. The third kappa shape index (κ3) is 5.38. The van der Waals surface area contributed by atoms with E-state index < -0.39 is 0 Å². The molecule has 134 valence electrons. The zero-order valence-corrected chi connectivity index (χ0v) is 15.8. The highest BCUT2D eigenvalue weighted by Crippen LogP contribution is 2.16. The molecule has 0 unspecified atom stereocenters. The molecule has 0 amide bonds. The third-order valence-electron chi connectivity index (χ3n) is 4.24. The van der Waals surface area contributed by atoms with Crippen molar-refractivity contribution in [1.82, 2.24) is 19.8 Å². The summed E-state index contributed by atoms with van der Waals surface area (Å²) in [6.07, 6.45) is 3.72. The van der Waals surface area contributed by atoms with Gasteiger partial charge in [-0.15, -0.1) is 24.8 Å². The maximum Gasteiger partial charge on any atom is 0.146 e. The average molecular weight is 373 g/mol. The van der Waals surface area contributed by atoms with Crippen LogP contribution in [0.1, 0.15) is 18.3 Å². The van der Waals surface area contributed by atoms with Crippen molar-refractivity contribution in [2.24, 2.45) is 7.05 Å². The van der Waals surface area contributed by atoms with Crippen LogP contribution in [0.4, 0.5) is 0 Å². The van der Waals surface area contributed by atoms with E-state index in [4.69, 9.17) is 4.74 Å². The Balaban J connectivity index is 0.00000144. The van der Waals surface area contributed by atoms with Crippen molar-refractivity contribution in [1.29, 1.82) is 0 Å². The number of aromatic nitrogens is 2. The fraction of sp³-hybridized carbons (Fsp3) is 0.471. The second kappa shape index (κ2) is 9.89. The summed E-state index contributed by atoms with van der Waals surface area (Å²) in [5, 5.41) is 3.42. The van der Waals surface area contributed by atoms with Gasteiger partial charge in [0, 0.05) is 51.7 Å². The van der Waals surface area contributed by atoms with Crippen molar-refractivity contribution in [3.05, 3.63) is 48.0 Å². The first-order valence-electron chi connectivity index (χ1n) is 7.85. The topological polar surface area (TPSA) is 42.3 Å². The molecule has 24 heavy (non-hydrogen) atoms. The van der Waals surface area contributed by atoms with Gasteiger partial charge in [-0.3, -0.25) is 4.90 Å². The summed E-state index contributed by atoms with van der Waals surface area (Å²) in [7, 11) is 1.98. The number of halogens is 2. The Kier molecular flexibility index (Phi) is 8.56. The van der Waals surface area contributed by atoms with Crippen LogP contribution in [0.15, 0.2) is 36.7 Å². The van der Waals surface area contributed by atoms with E-state index in [0.29, 0.717) is 12.6 Å². The summed E-state index contributed by atoms with van der Waals surface area (Å²) >= 11 is 0. The third-order valence-corrected chi connectivity index (χ3v) is 4.24. The zero-order chi connectivity index (χ0) is 15.4. The van der Waals surface area contributed by atoms with Crippen molar-refractivity contribution in [3.8, 4) is 5.75 Å². The molecular formula is C17H26Cl2N4O. The van der Waals surface area contributed by atoms with E-state index in [1.54, 1.807) is 6.20 Å².